The zero-order valence-corrected chi connectivity index (χ0v) is 9.48. The number of carboxylic acid groups (broad SMARTS) is 1. The highest BCUT2D eigenvalue weighted by Crippen LogP contribution is 2.38. The van der Waals surface area contributed by atoms with Crippen LogP contribution in [0.15, 0.2) is 0 Å². The molecule has 1 atom stereocenters. The second-order valence-corrected chi connectivity index (χ2v) is 4.96. The molecule has 0 spiro atoms. The Balaban J connectivity index is 1.83. The van der Waals surface area contributed by atoms with Crippen LogP contribution in [0.3, 0.4) is 0 Å². The van der Waals surface area contributed by atoms with Gasteiger partial charge in [-0.25, -0.2) is 0 Å². The number of hydrogen-bond donors (Lipinski definition) is 1. The highest BCUT2D eigenvalue weighted by atomic mass is 16.4. The molecule has 0 aromatic carbocycles. The summed E-state index contributed by atoms with van der Waals surface area (Å²) < 4.78 is 0. The third kappa shape index (κ3) is 2.51. The molecule has 1 saturated carbocycles. The summed E-state index contributed by atoms with van der Waals surface area (Å²) in [7, 11) is 0. The molecule has 2 rings (SSSR count). The minimum atomic E-state index is -0.603. The summed E-state index contributed by atoms with van der Waals surface area (Å²) in [6, 6.07) is 0.736. The van der Waals surface area contributed by atoms with Crippen LogP contribution in [0, 0.1) is 11.8 Å². The molecule has 1 N–H and O–H groups in total. The summed E-state index contributed by atoms with van der Waals surface area (Å²) in [6.45, 7) is 4.24. The number of rotatable bonds is 4. The molecule has 1 unspecified atom stereocenters. The van der Waals surface area contributed by atoms with Crippen LogP contribution >= 0.6 is 0 Å². The number of carbonyl (C=O) groups is 1. The summed E-state index contributed by atoms with van der Waals surface area (Å²) in [6.07, 6.45) is 5.69. The molecule has 3 nitrogen and oxygen atoms in total. The summed E-state index contributed by atoms with van der Waals surface area (Å²) in [5.41, 5.74) is 0. The van der Waals surface area contributed by atoms with Crippen molar-refractivity contribution in [2.45, 2.75) is 45.1 Å². The van der Waals surface area contributed by atoms with Gasteiger partial charge in [0.05, 0.1) is 5.92 Å². The number of carboxylic acids is 1. The van der Waals surface area contributed by atoms with Crippen molar-refractivity contribution in [2.75, 3.05) is 13.1 Å². The lowest BCUT2D eigenvalue weighted by atomic mass is 9.94. The first kappa shape index (κ1) is 10.9. The van der Waals surface area contributed by atoms with E-state index in [0.29, 0.717) is 0 Å². The minimum absolute atomic E-state index is 0.0852. The second kappa shape index (κ2) is 4.52. The van der Waals surface area contributed by atoms with E-state index < -0.39 is 5.97 Å². The Kier molecular flexibility index (Phi) is 3.29. The van der Waals surface area contributed by atoms with E-state index in [4.69, 9.17) is 5.11 Å². The maximum Gasteiger partial charge on any atom is 0.306 e. The molecule has 86 valence electrons. The smallest absolute Gasteiger partial charge is 0.306 e. The highest BCUT2D eigenvalue weighted by molar-refractivity contribution is 5.70. The van der Waals surface area contributed by atoms with Crippen molar-refractivity contribution in [3.8, 4) is 0 Å². The number of likely N-dealkylation sites (tertiary alicyclic amines) is 1. The van der Waals surface area contributed by atoms with E-state index >= 15 is 0 Å². The maximum atomic E-state index is 10.8. The lowest BCUT2D eigenvalue weighted by molar-refractivity contribution is -0.143. The lowest BCUT2D eigenvalue weighted by Gasteiger charge is -2.36. The predicted octanol–water partition coefficient (Wildman–Crippen LogP) is 1.97. The fourth-order valence-corrected chi connectivity index (χ4v) is 2.85. The minimum Gasteiger partial charge on any atom is -0.481 e. The van der Waals surface area contributed by atoms with E-state index in [9.17, 15) is 4.79 Å². The average molecular weight is 211 g/mol. The standard InChI is InChI=1S/C12H21NO2/c1-2-11(9-3-4-9)13-7-5-10(6-8-13)12(14)15/h9-11H,2-8H2,1H3,(H,14,15). The molecule has 3 heteroatoms. The summed E-state index contributed by atoms with van der Waals surface area (Å²) in [5.74, 6) is 0.225. The molecule has 1 heterocycles. The normalized spacial score (nSPS) is 26.5. The van der Waals surface area contributed by atoms with Gasteiger partial charge in [-0.2, -0.15) is 0 Å². The van der Waals surface area contributed by atoms with Crippen molar-refractivity contribution in [3.63, 3.8) is 0 Å². The molecule has 0 radical (unpaired) electrons. The van der Waals surface area contributed by atoms with Crippen LogP contribution in [0.25, 0.3) is 0 Å². The van der Waals surface area contributed by atoms with Crippen LogP contribution in [-0.4, -0.2) is 35.1 Å². The maximum absolute atomic E-state index is 10.8. The van der Waals surface area contributed by atoms with Gasteiger partial charge in [0.2, 0.25) is 0 Å². The van der Waals surface area contributed by atoms with E-state index in [1.54, 1.807) is 0 Å². The largest absolute Gasteiger partial charge is 0.481 e. The summed E-state index contributed by atoms with van der Waals surface area (Å²) >= 11 is 0. The lowest BCUT2D eigenvalue weighted by Crippen LogP contribution is -2.43. The molecule has 0 aromatic heterocycles. The van der Waals surface area contributed by atoms with Crippen LogP contribution in [0.2, 0.25) is 0 Å². The molecule has 1 aliphatic carbocycles. The van der Waals surface area contributed by atoms with Crippen molar-refractivity contribution in [1.29, 1.82) is 0 Å². The van der Waals surface area contributed by atoms with Gasteiger partial charge < -0.3 is 10.0 Å². The van der Waals surface area contributed by atoms with Gasteiger partial charge in [-0.05, 0) is 51.1 Å². The number of nitrogens with zero attached hydrogens (tertiary/aromatic N) is 1. The SMILES string of the molecule is CCC(C1CC1)N1CCC(C(=O)O)CC1. The Bertz CT molecular complexity index is 230. The molecule has 0 aromatic rings. The summed E-state index contributed by atoms with van der Waals surface area (Å²) in [4.78, 5) is 13.4. The van der Waals surface area contributed by atoms with Crippen LogP contribution in [0.5, 0.6) is 0 Å². The third-order valence-corrected chi connectivity index (χ3v) is 3.93. The zero-order chi connectivity index (χ0) is 10.8. The van der Waals surface area contributed by atoms with E-state index in [2.05, 4.69) is 11.8 Å². The van der Waals surface area contributed by atoms with Crippen LogP contribution in [0.4, 0.5) is 0 Å². The van der Waals surface area contributed by atoms with Gasteiger partial charge in [-0.1, -0.05) is 6.92 Å². The molecule has 0 amide bonds. The van der Waals surface area contributed by atoms with Crippen LogP contribution < -0.4 is 0 Å². The van der Waals surface area contributed by atoms with Gasteiger partial charge >= 0.3 is 5.97 Å². The fourth-order valence-electron chi connectivity index (χ4n) is 2.85. The van der Waals surface area contributed by atoms with E-state index in [1.165, 1.54) is 19.3 Å². The Morgan fingerprint density at radius 3 is 2.33 bits per heavy atom. The van der Waals surface area contributed by atoms with Gasteiger partial charge in [-0.15, -0.1) is 0 Å². The highest BCUT2D eigenvalue weighted by Gasteiger charge is 2.36. The van der Waals surface area contributed by atoms with E-state index in [1.807, 2.05) is 0 Å². The monoisotopic (exact) mass is 211 g/mol. The Morgan fingerprint density at radius 1 is 1.33 bits per heavy atom. The molecule has 2 aliphatic rings. The Labute approximate surface area is 91.5 Å². The predicted molar refractivity (Wildman–Crippen MR) is 58.7 cm³/mol. The number of aliphatic carboxylic acids is 1. The Hall–Kier alpha value is -0.570. The molecule has 0 bridgehead atoms. The summed E-state index contributed by atoms with van der Waals surface area (Å²) in [5, 5.41) is 8.92. The number of hydrogen-bond acceptors (Lipinski definition) is 2. The van der Waals surface area contributed by atoms with Crippen molar-refractivity contribution >= 4 is 5.97 Å². The van der Waals surface area contributed by atoms with Crippen molar-refractivity contribution in [1.82, 2.24) is 4.90 Å². The first-order valence-corrected chi connectivity index (χ1v) is 6.19. The zero-order valence-electron chi connectivity index (χ0n) is 9.48. The van der Waals surface area contributed by atoms with Gasteiger partial charge in [-0.3, -0.25) is 4.79 Å². The van der Waals surface area contributed by atoms with Crippen LogP contribution in [0.1, 0.15) is 39.0 Å². The van der Waals surface area contributed by atoms with Crippen LogP contribution in [-0.2, 0) is 4.79 Å². The molecule has 2 fully saturated rings. The molecular weight excluding hydrogens is 190 g/mol. The van der Waals surface area contributed by atoms with Crippen molar-refractivity contribution < 1.29 is 9.90 Å². The Morgan fingerprint density at radius 2 is 1.93 bits per heavy atom. The van der Waals surface area contributed by atoms with Crippen molar-refractivity contribution in [2.24, 2.45) is 11.8 Å². The quantitative estimate of drug-likeness (QED) is 0.773. The first-order valence-electron chi connectivity index (χ1n) is 6.19. The second-order valence-electron chi connectivity index (χ2n) is 4.96. The molecule has 1 aliphatic heterocycles. The third-order valence-electron chi connectivity index (χ3n) is 3.93. The molecule has 15 heavy (non-hydrogen) atoms. The van der Waals surface area contributed by atoms with Crippen molar-refractivity contribution in [3.05, 3.63) is 0 Å². The van der Waals surface area contributed by atoms with E-state index in [-0.39, 0.29) is 5.92 Å². The first-order chi connectivity index (χ1) is 7.22. The van der Waals surface area contributed by atoms with Gasteiger partial charge in [0.1, 0.15) is 0 Å². The fraction of sp³-hybridized carbons (Fsp3) is 0.917. The topological polar surface area (TPSA) is 40.5 Å². The van der Waals surface area contributed by atoms with Gasteiger partial charge in [0, 0.05) is 6.04 Å². The van der Waals surface area contributed by atoms with Gasteiger partial charge in [0.15, 0.2) is 0 Å². The van der Waals surface area contributed by atoms with Gasteiger partial charge in [0.25, 0.3) is 0 Å². The average Bonchev–Trinajstić information content (AvgIpc) is 3.04. The van der Waals surface area contributed by atoms with E-state index in [0.717, 1.165) is 37.9 Å². The molecule has 1 saturated heterocycles. The number of piperidine rings is 1. The molecular formula is C12H21NO2.